The van der Waals surface area contributed by atoms with Crippen LogP contribution >= 0.6 is 0 Å². The number of nitrogens with two attached hydrogens (primary N) is 1. The van der Waals surface area contributed by atoms with E-state index >= 15 is 0 Å². The van der Waals surface area contributed by atoms with Crippen molar-refractivity contribution in [1.29, 1.82) is 0 Å². The first-order chi connectivity index (χ1) is 8.17. The Morgan fingerprint density at radius 2 is 2.12 bits per heavy atom. The molecule has 1 rings (SSSR count). The van der Waals surface area contributed by atoms with Crippen molar-refractivity contribution in [3.63, 3.8) is 0 Å². The Hall–Kier alpha value is -1.22. The zero-order chi connectivity index (χ0) is 12.7. The molecule has 0 saturated heterocycles. The highest BCUT2D eigenvalue weighted by atomic mass is 16.5. The molecular formula is C14H23NO2. The Morgan fingerprint density at radius 1 is 1.35 bits per heavy atom. The van der Waals surface area contributed by atoms with Crippen molar-refractivity contribution < 1.29 is 9.47 Å². The molecule has 1 unspecified atom stereocenters. The second kappa shape index (κ2) is 7.17. The topological polar surface area (TPSA) is 44.5 Å². The summed E-state index contributed by atoms with van der Waals surface area (Å²) in [6.07, 6.45) is 3.01. The maximum Gasteiger partial charge on any atom is 0.122 e. The summed E-state index contributed by atoms with van der Waals surface area (Å²) in [6, 6.07) is 6.01. The van der Waals surface area contributed by atoms with E-state index in [1.54, 1.807) is 7.11 Å². The van der Waals surface area contributed by atoms with Crippen LogP contribution in [0.5, 0.6) is 11.5 Å². The van der Waals surface area contributed by atoms with Crippen LogP contribution in [-0.4, -0.2) is 19.8 Å². The molecule has 17 heavy (non-hydrogen) atoms. The van der Waals surface area contributed by atoms with Crippen LogP contribution in [0, 0.1) is 0 Å². The predicted octanol–water partition coefficient (Wildman–Crippen LogP) is 2.76. The smallest absolute Gasteiger partial charge is 0.122 e. The van der Waals surface area contributed by atoms with Crippen molar-refractivity contribution in [3.05, 3.63) is 23.8 Å². The van der Waals surface area contributed by atoms with Gasteiger partial charge in [-0.1, -0.05) is 13.3 Å². The minimum Gasteiger partial charge on any atom is -0.497 e. The quantitative estimate of drug-likeness (QED) is 0.742. The summed E-state index contributed by atoms with van der Waals surface area (Å²) < 4.78 is 11.0. The van der Waals surface area contributed by atoms with Gasteiger partial charge in [-0.2, -0.15) is 0 Å². The standard InChI is InChI=1S/C14H23NO2/c1-4-5-8-17-14-7-6-13(16-3)10-12(14)9-11(2)15/h6-7,10-11H,4-5,8-9,15H2,1-3H3. The number of ether oxygens (including phenoxy) is 2. The lowest BCUT2D eigenvalue weighted by Crippen LogP contribution is -2.18. The Balaban J connectivity index is 2.78. The third kappa shape index (κ3) is 4.65. The first kappa shape index (κ1) is 13.8. The molecule has 1 aromatic carbocycles. The lowest BCUT2D eigenvalue weighted by molar-refractivity contribution is 0.305. The summed E-state index contributed by atoms with van der Waals surface area (Å²) in [5, 5.41) is 0. The summed E-state index contributed by atoms with van der Waals surface area (Å²) in [5.74, 6) is 1.78. The van der Waals surface area contributed by atoms with Gasteiger partial charge in [-0.05, 0) is 43.5 Å². The first-order valence-corrected chi connectivity index (χ1v) is 6.22. The Kier molecular flexibility index (Phi) is 5.84. The average molecular weight is 237 g/mol. The molecule has 0 aliphatic rings. The number of rotatable bonds is 7. The van der Waals surface area contributed by atoms with Crippen molar-refractivity contribution in [2.45, 2.75) is 39.2 Å². The lowest BCUT2D eigenvalue weighted by atomic mass is 10.1. The number of hydrogen-bond acceptors (Lipinski definition) is 3. The van der Waals surface area contributed by atoms with Crippen LogP contribution in [0.4, 0.5) is 0 Å². The third-order valence-corrected chi connectivity index (χ3v) is 2.56. The van der Waals surface area contributed by atoms with E-state index in [9.17, 15) is 0 Å². The first-order valence-electron chi connectivity index (χ1n) is 6.22. The molecule has 0 amide bonds. The van der Waals surface area contributed by atoms with E-state index in [0.29, 0.717) is 0 Å². The summed E-state index contributed by atoms with van der Waals surface area (Å²) in [7, 11) is 1.67. The maximum atomic E-state index is 5.84. The average Bonchev–Trinajstić information content (AvgIpc) is 2.30. The Morgan fingerprint density at radius 3 is 2.71 bits per heavy atom. The van der Waals surface area contributed by atoms with E-state index in [2.05, 4.69) is 6.92 Å². The van der Waals surface area contributed by atoms with Crippen LogP contribution in [0.1, 0.15) is 32.3 Å². The van der Waals surface area contributed by atoms with Gasteiger partial charge in [-0.25, -0.2) is 0 Å². The van der Waals surface area contributed by atoms with Crippen LogP contribution < -0.4 is 15.2 Å². The molecule has 0 aliphatic carbocycles. The van der Waals surface area contributed by atoms with E-state index in [1.807, 2.05) is 25.1 Å². The fourth-order valence-corrected chi connectivity index (χ4v) is 1.66. The number of unbranched alkanes of at least 4 members (excludes halogenated alkanes) is 1. The molecule has 0 bridgehead atoms. The summed E-state index contributed by atoms with van der Waals surface area (Å²) >= 11 is 0. The highest BCUT2D eigenvalue weighted by molar-refractivity contribution is 5.40. The van der Waals surface area contributed by atoms with Gasteiger partial charge in [0.2, 0.25) is 0 Å². The number of methoxy groups -OCH3 is 1. The van der Waals surface area contributed by atoms with E-state index in [4.69, 9.17) is 15.2 Å². The molecule has 0 spiro atoms. The van der Waals surface area contributed by atoms with Crippen molar-refractivity contribution in [1.82, 2.24) is 0 Å². The van der Waals surface area contributed by atoms with E-state index in [0.717, 1.165) is 42.9 Å². The molecule has 0 radical (unpaired) electrons. The number of hydrogen-bond donors (Lipinski definition) is 1. The molecule has 3 heteroatoms. The second-order valence-electron chi connectivity index (χ2n) is 4.36. The van der Waals surface area contributed by atoms with Gasteiger partial charge in [-0.3, -0.25) is 0 Å². The molecule has 0 saturated carbocycles. The van der Waals surface area contributed by atoms with Crippen LogP contribution in [0.3, 0.4) is 0 Å². The molecule has 2 N–H and O–H groups in total. The van der Waals surface area contributed by atoms with Gasteiger partial charge in [0.05, 0.1) is 13.7 Å². The van der Waals surface area contributed by atoms with E-state index < -0.39 is 0 Å². The van der Waals surface area contributed by atoms with Crippen molar-refractivity contribution in [2.24, 2.45) is 5.73 Å². The molecule has 3 nitrogen and oxygen atoms in total. The van der Waals surface area contributed by atoms with Gasteiger partial charge in [0.25, 0.3) is 0 Å². The normalized spacial score (nSPS) is 12.2. The van der Waals surface area contributed by atoms with E-state index in [1.165, 1.54) is 0 Å². The second-order valence-corrected chi connectivity index (χ2v) is 4.36. The van der Waals surface area contributed by atoms with Gasteiger partial charge >= 0.3 is 0 Å². The monoisotopic (exact) mass is 237 g/mol. The molecule has 0 aliphatic heterocycles. The van der Waals surface area contributed by atoms with Gasteiger partial charge in [0, 0.05) is 6.04 Å². The molecular weight excluding hydrogens is 214 g/mol. The van der Waals surface area contributed by atoms with Gasteiger partial charge in [0.15, 0.2) is 0 Å². The summed E-state index contributed by atoms with van der Waals surface area (Å²) in [6.45, 7) is 4.91. The highest BCUT2D eigenvalue weighted by Gasteiger charge is 2.08. The molecule has 96 valence electrons. The third-order valence-electron chi connectivity index (χ3n) is 2.56. The molecule has 1 atom stereocenters. The lowest BCUT2D eigenvalue weighted by Gasteiger charge is -2.14. The van der Waals surface area contributed by atoms with Crippen LogP contribution in [-0.2, 0) is 6.42 Å². The molecule has 1 aromatic rings. The van der Waals surface area contributed by atoms with Crippen LogP contribution in [0.2, 0.25) is 0 Å². The zero-order valence-electron chi connectivity index (χ0n) is 11.0. The van der Waals surface area contributed by atoms with Gasteiger partial charge in [0.1, 0.15) is 11.5 Å². The van der Waals surface area contributed by atoms with Crippen molar-refractivity contribution in [3.8, 4) is 11.5 Å². The zero-order valence-corrected chi connectivity index (χ0v) is 11.0. The molecule has 0 heterocycles. The minimum absolute atomic E-state index is 0.121. The maximum absolute atomic E-state index is 5.84. The van der Waals surface area contributed by atoms with Crippen LogP contribution in [0.15, 0.2) is 18.2 Å². The largest absolute Gasteiger partial charge is 0.497 e. The van der Waals surface area contributed by atoms with Gasteiger partial charge < -0.3 is 15.2 Å². The number of benzene rings is 1. The van der Waals surface area contributed by atoms with Crippen LogP contribution in [0.25, 0.3) is 0 Å². The Bertz CT molecular complexity index is 337. The van der Waals surface area contributed by atoms with E-state index in [-0.39, 0.29) is 6.04 Å². The fraction of sp³-hybridized carbons (Fsp3) is 0.571. The Labute approximate surface area is 104 Å². The van der Waals surface area contributed by atoms with Crippen molar-refractivity contribution in [2.75, 3.05) is 13.7 Å². The van der Waals surface area contributed by atoms with Gasteiger partial charge in [-0.15, -0.1) is 0 Å². The molecule has 0 fully saturated rings. The summed E-state index contributed by atoms with van der Waals surface area (Å²) in [5.41, 5.74) is 6.96. The summed E-state index contributed by atoms with van der Waals surface area (Å²) in [4.78, 5) is 0. The SMILES string of the molecule is CCCCOc1ccc(OC)cc1CC(C)N. The molecule has 0 aromatic heterocycles. The predicted molar refractivity (Wildman–Crippen MR) is 70.8 cm³/mol. The van der Waals surface area contributed by atoms with Crippen molar-refractivity contribution >= 4 is 0 Å². The highest BCUT2D eigenvalue weighted by Crippen LogP contribution is 2.25. The minimum atomic E-state index is 0.121. The fourth-order valence-electron chi connectivity index (χ4n) is 1.66.